The second-order valence-corrected chi connectivity index (χ2v) is 22.0. The fourth-order valence-corrected chi connectivity index (χ4v) is 11.1. The number of allylic oxidation sites excluding steroid dienone is 2. The van der Waals surface area contributed by atoms with Crippen LogP contribution in [0, 0.1) is 42.2 Å². The summed E-state index contributed by atoms with van der Waals surface area (Å²) in [7, 11) is 1.40. The van der Waals surface area contributed by atoms with Gasteiger partial charge >= 0.3 is 11.8 Å². The summed E-state index contributed by atoms with van der Waals surface area (Å²) in [5.41, 5.74) is 2.37. The number of esters is 1. The number of ether oxygens (including phenoxy) is 4. The number of hydrogen-bond donors (Lipinski definition) is 9. The third-order valence-electron chi connectivity index (χ3n) is 16.2. The molecule has 0 radical (unpaired) electrons. The van der Waals surface area contributed by atoms with E-state index >= 15 is 4.39 Å². The van der Waals surface area contributed by atoms with Crippen molar-refractivity contribution in [2.24, 2.45) is 23.7 Å². The fourth-order valence-electron chi connectivity index (χ4n) is 11.1. The maximum atomic E-state index is 15.2. The Balaban J connectivity index is 1.11. The van der Waals surface area contributed by atoms with Crippen LogP contribution in [0.1, 0.15) is 88.6 Å². The molecular weight excluding hydrogens is 1110 g/mol. The predicted octanol–water partition coefficient (Wildman–Crippen LogP) is 7.84. The maximum absolute atomic E-state index is 15.2. The van der Waals surface area contributed by atoms with Gasteiger partial charge in [0.25, 0.3) is 17.6 Å². The van der Waals surface area contributed by atoms with Crippen molar-refractivity contribution >= 4 is 57.3 Å². The Morgan fingerprint density at radius 3 is 2.23 bits per heavy atom. The zero-order chi connectivity index (χ0) is 64.3. The van der Waals surface area contributed by atoms with E-state index < -0.39 is 136 Å². The van der Waals surface area contributed by atoms with Crippen molar-refractivity contribution in [3.05, 3.63) is 148 Å². The molecule has 4 aliphatic rings. The van der Waals surface area contributed by atoms with Gasteiger partial charge < -0.3 is 65.3 Å². The lowest BCUT2D eigenvalue weighted by Crippen LogP contribution is -2.52. The minimum Gasteiger partial charge on any atom is -0.507 e. The number of phenolic OH excluding ortho intramolecular Hbond substituents is 3. The number of aliphatic hydroxyl groups is 2. The number of nitrogens with zero attached hydrogens (tertiary/aromatic N) is 2. The van der Waals surface area contributed by atoms with Gasteiger partial charge in [-0.1, -0.05) is 88.4 Å². The quantitative estimate of drug-likeness (QED) is 0.0327. The lowest BCUT2D eigenvalue weighted by Gasteiger charge is -2.38. The number of fused-ring (bicyclic) bond motifs is 14. The first kappa shape index (κ1) is 60.7. The molecule has 1 fully saturated rings. The van der Waals surface area contributed by atoms with E-state index in [9.17, 15) is 53.9 Å². The van der Waals surface area contributed by atoms with Crippen LogP contribution in [0.25, 0.3) is 10.8 Å². The topological polar surface area (TPSA) is 278 Å². The number of nitrogens with one attached hydrogen (secondary N) is 4. The number of piperazine rings is 1. The van der Waals surface area contributed by atoms with Crippen LogP contribution in [0.15, 0.2) is 109 Å². The number of aromatic hydroxyl groups is 3. The molecular formula is C64H74F2N6O14. The first-order valence-corrected chi connectivity index (χ1v) is 28.1. The van der Waals surface area contributed by atoms with Gasteiger partial charge in [-0.3, -0.25) is 29.4 Å². The number of Topliss-reactive ketones (excluding diaryl/α,β-unsaturated/α-hetero) is 1. The summed E-state index contributed by atoms with van der Waals surface area (Å²) in [6.45, 7) is 12.7. The van der Waals surface area contributed by atoms with E-state index in [4.69, 9.17) is 21.7 Å². The first-order chi connectivity index (χ1) is 41.6. The Labute approximate surface area is 499 Å². The molecule has 5 aromatic rings. The molecule has 4 aliphatic heterocycles. The number of halogens is 2. The zero-order valence-corrected chi connectivity index (χ0v) is 49.1. The number of methoxy groups -OCH3 is 1. The second kappa shape index (κ2) is 26.9. The number of benzene rings is 5. The van der Waals surface area contributed by atoms with Gasteiger partial charge in [-0.2, -0.15) is 0 Å². The zero-order valence-electron chi connectivity index (χ0n) is 51.1. The summed E-state index contributed by atoms with van der Waals surface area (Å²) in [5, 5.41) is 68.6. The van der Waals surface area contributed by atoms with Gasteiger partial charge in [-0.05, 0) is 55.8 Å². The van der Waals surface area contributed by atoms with Crippen LogP contribution in [-0.2, 0) is 41.5 Å². The van der Waals surface area contributed by atoms with Crippen molar-refractivity contribution in [3.63, 3.8) is 0 Å². The van der Waals surface area contributed by atoms with E-state index in [0.717, 1.165) is 18.4 Å². The lowest BCUT2D eigenvalue weighted by atomic mass is 9.78. The number of phenols is 3. The van der Waals surface area contributed by atoms with Gasteiger partial charge in [0.2, 0.25) is 5.91 Å². The molecule has 1 unspecified atom stereocenters. The van der Waals surface area contributed by atoms with Crippen LogP contribution < -0.4 is 31.0 Å². The van der Waals surface area contributed by atoms with Crippen LogP contribution in [0.4, 0.5) is 25.8 Å². The number of ketones is 1. The third kappa shape index (κ3) is 13.5. The highest BCUT2D eigenvalue weighted by Gasteiger charge is 2.50. The molecule has 1 saturated heterocycles. The number of anilines is 3. The number of rotatable bonds is 12. The Hall–Kier alpha value is -8.41. The highest BCUT2D eigenvalue weighted by Crippen LogP contribution is 2.55. The summed E-state index contributed by atoms with van der Waals surface area (Å²) in [4.78, 5) is 71.1. The number of hydrazine groups is 1. The van der Waals surface area contributed by atoms with Crippen molar-refractivity contribution in [1.29, 1.82) is 0 Å². The van der Waals surface area contributed by atoms with Crippen LogP contribution >= 0.6 is 0 Å². The SMILES string of the molecule is [2H]C([2H])(c1ccccc1)C(NC(=O)c1ccccc1F)C(=O)Nc1cc(F)ccc1N1CCN(NCc2c3c(O)c4c(O)c(C)c5c(c4c2O)C(=O)[C@@](C)(O/C=C/[C@H](OC)[C@@H](C)[C@@H](OC(C)=O)[C@H](C)[C@H](O)[C@H](C)[C@@H](O)[C@@H](C)/C=C/C=C(/C)C(=O)N3)O5)CC1. The normalized spacial score (nSPS) is 26.2. The van der Waals surface area contributed by atoms with Crippen LogP contribution in [0.3, 0.4) is 0 Å². The monoisotopic (exact) mass is 1190 g/mol. The summed E-state index contributed by atoms with van der Waals surface area (Å²) in [6.07, 6.45) is 0.472. The minimum atomic E-state index is -2.58. The number of carbonyl (C=O) groups is 5. The molecule has 0 aromatic heterocycles. The van der Waals surface area contributed by atoms with Crippen LogP contribution in [0.2, 0.25) is 0 Å². The molecule has 5 aromatic carbocycles. The molecule has 20 nitrogen and oxygen atoms in total. The predicted molar refractivity (Wildman–Crippen MR) is 317 cm³/mol. The average Bonchev–Trinajstić information content (AvgIpc) is 1.49. The molecule has 0 spiro atoms. The molecule has 5 bridgehead atoms. The van der Waals surface area contributed by atoms with Gasteiger partial charge in [0.05, 0.1) is 58.1 Å². The molecule has 9 rings (SSSR count). The van der Waals surface area contributed by atoms with Crippen LogP contribution in [-0.4, -0.2) is 130 Å². The van der Waals surface area contributed by atoms with E-state index in [1.54, 1.807) is 57.0 Å². The van der Waals surface area contributed by atoms with E-state index in [1.165, 1.54) is 95.5 Å². The van der Waals surface area contributed by atoms with Crippen molar-refractivity contribution in [1.82, 2.24) is 15.8 Å². The third-order valence-corrected chi connectivity index (χ3v) is 16.2. The summed E-state index contributed by atoms with van der Waals surface area (Å²) in [6, 6.07) is 14.3. The smallest absolute Gasteiger partial charge is 0.312 e. The van der Waals surface area contributed by atoms with Gasteiger partial charge in [0, 0.05) is 109 Å². The maximum Gasteiger partial charge on any atom is 0.312 e. The number of hydrogen-bond acceptors (Lipinski definition) is 17. The van der Waals surface area contributed by atoms with Gasteiger partial charge in [0.15, 0.2) is 5.75 Å². The van der Waals surface area contributed by atoms with Crippen LogP contribution in [0.5, 0.6) is 23.0 Å². The van der Waals surface area contributed by atoms with E-state index in [-0.39, 0.29) is 83.1 Å². The molecule has 86 heavy (non-hydrogen) atoms. The lowest BCUT2D eigenvalue weighted by molar-refractivity contribution is -0.160. The Morgan fingerprint density at radius 2 is 1.56 bits per heavy atom. The molecule has 10 atom stereocenters. The Morgan fingerprint density at radius 1 is 0.872 bits per heavy atom. The van der Waals surface area contributed by atoms with E-state index in [0.29, 0.717) is 5.69 Å². The number of carbonyl (C=O) groups excluding carboxylic acids is 5. The average molecular weight is 1190 g/mol. The molecule has 0 aliphatic carbocycles. The van der Waals surface area contributed by atoms with Crippen molar-refractivity contribution in [2.45, 2.75) is 105 Å². The fraction of sp³-hybridized carbons (Fsp3) is 0.391. The Bertz CT molecular complexity index is 3580. The number of aliphatic hydroxyl groups excluding tert-OH is 2. The Kier molecular flexibility index (Phi) is 19.0. The second-order valence-electron chi connectivity index (χ2n) is 22.0. The van der Waals surface area contributed by atoms with E-state index in [2.05, 4.69) is 21.4 Å². The van der Waals surface area contributed by atoms with Gasteiger partial charge in [-0.25, -0.2) is 13.8 Å². The highest BCUT2D eigenvalue weighted by atomic mass is 19.1. The highest BCUT2D eigenvalue weighted by molar-refractivity contribution is 6.22. The van der Waals surface area contributed by atoms with Crippen molar-refractivity contribution in [3.8, 4) is 23.0 Å². The largest absolute Gasteiger partial charge is 0.507 e. The van der Waals surface area contributed by atoms with Gasteiger partial charge in [-0.15, -0.1) is 0 Å². The molecule has 458 valence electrons. The minimum absolute atomic E-state index is 0.0202. The molecule has 4 heterocycles. The molecule has 9 N–H and O–H groups in total. The first-order valence-electron chi connectivity index (χ1n) is 29.1. The summed E-state index contributed by atoms with van der Waals surface area (Å²) in [5.74, 6) is -13.1. The summed E-state index contributed by atoms with van der Waals surface area (Å²) < 4.78 is 71.9. The summed E-state index contributed by atoms with van der Waals surface area (Å²) >= 11 is 0. The van der Waals surface area contributed by atoms with Gasteiger partial charge in [0.1, 0.15) is 41.0 Å². The standard InChI is InChI=1S/C64H74F2N6O14/c1-33-16-15-17-34(2)61(80)70-52-43(32-67-72-27-25-71(26-28-72)47-23-22-41(65)31-45(47)68-63(82)46(30-40-18-11-10-12-19-40)69-62(81)42-20-13-14-21-44(42)66)56(77)49-50(57(52)78)55(76)38(6)59-51(49)60(79)64(8,86-59)84-29-24-48(83-9)35(3)58(85-39(7)73)37(5)54(75)36(4)53(33)74/h10-24,29,31,33,35-37,46,48,53-54,58,67,74-78H,25-28,30,32H2,1-9H3,(H,68,82)(H,69,81)(H,70,80)/b16-15+,29-24+,34-17-/t33-,35+,36+,37+,46?,48-,53-,54+,58+,64-/m0/s1/i30D2. The molecule has 3 amide bonds. The molecule has 22 heteroatoms. The van der Waals surface area contributed by atoms with Crippen molar-refractivity contribution < 1.29 is 80.0 Å². The van der Waals surface area contributed by atoms with E-state index in [1.807, 2.05) is 4.90 Å². The van der Waals surface area contributed by atoms with Crippen molar-refractivity contribution in [2.75, 3.05) is 48.8 Å². The number of amides is 3. The molecule has 0 saturated carbocycles.